The Morgan fingerprint density at radius 3 is 2.18 bits per heavy atom. The number of hydrogen-bond acceptors (Lipinski definition) is 3. The van der Waals surface area contributed by atoms with Crippen molar-refractivity contribution in [2.24, 2.45) is 5.92 Å². The first kappa shape index (κ1) is 18.5. The number of carbonyl (C=O) groups excluding carboxylic acids is 2. The number of rotatable bonds is 4. The average Bonchev–Trinajstić information content (AvgIpc) is 2.94. The van der Waals surface area contributed by atoms with Gasteiger partial charge in [-0.1, -0.05) is 60.2 Å². The lowest BCUT2D eigenvalue weighted by Crippen LogP contribution is -2.38. The summed E-state index contributed by atoms with van der Waals surface area (Å²) in [5.74, 6) is 0.240. The Morgan fingerprint density at radius 1 is 0.893 bits per heavy atom. The topological polar surface area (TPSA) is 40.6 Å². The van der Waals surface area contributed by atoms with Gasteiger partial charge in [0.15, 0.2) is 0 Å². The Labute approximate surface area is 166 Å². The van der Waals surface area contributed by atoms with Crippen molar-refractivity contribution in [3.05, 3.63) is 77.0 Å². The second-order valence-electron chi connectivity index (χ2n) is 7.88. The van der Waals surface area contributed by atoms with Gasteiger partial charge < -0.3 is 4.90 Å². The first-order chi connectivity index (χ1) is 13.5. The summed E-state index contributed by atoms with van der Waals surface area (Å²) in [6, 6.07) is 18.4. The van der Waals surface area contributed by atoms with Gasteiger partial charge in [0.25, 0.3) is 11.8 Å². The molecule has 1 saturated heterocycles. The Kier molecular flexibility index (Phi) is 5.03. The molecule has 0 N–H and O–H groups in total. The van der Waals surface area contributed by atoms with Gasteiger partial charge in [0.2, 0.25) is 0 Å². The van der Waals surface area contributed by atoms with Crippen molar-refractivity contribution in [3.8, 4) is 0 Å². The second-order valence-corrected chi connectivity index (χ2v) is 7.88. The van der Waals surface area contributed by atoms with Crippen LogP contribution < -0.4 is 0 Å². The zero-order valence-electron chi connectivity index (χ0n) is 16.5. The van der Waals surface area contributed by atoms with Crippen LogP contribution in [0.1, 0.15) is 29.5 Å². The van der Waals surface area contributed by atoms with E-state index in [1.54, 1.807) is 7.05 Å². The SMILES string of the molecule is Cc1ccc(C2=C(N3CCC(Cc4ccccc4)CC3)C(=O)N(C)C2=O)cc1. The Hall–Kier alpha value is -2.88. The van der Waals surface area contributed by atoms with Crippen molar-refractivity contribution in [3.63, 3.8) is 0 Å². The molecular formula is C24H26N2O2. The minimum atomic E-state index is -0.199. The van der Waals surface area contributed by atoms with Crippen LogP contribution in [0.3, 0.4) is 0 Å². The molecule has 0 radical (unpaired) electrons. The molecule has 144 valence electrons. The molecule has 2 aliphatic rings. The fourth-order valence-electron chi connectivity index (χ4n) is 4.21. The van der Waals surface area contributed by atoms with Gasteiger partial charge >= 0.3 is 0 Å². The third kappa shape index (κ3) is 3.47. The Balaban J connectivity index is 1.55. The highest BCUT2D eigenvalue weighted by Crippen LogP contribution is 2.33. The van der Waals surface area contributed by atoms with E-state index in [0.717, 1.165) is 43.5 Å². The largest absolute Gasteiger partial charge is 0.366 e. The molecule has 0 bridgehead atoms. The van der Waals surface area contributed by atoms with Gasteiger partial charge in [-0.3, -0.25) is 14.5 Å². The Morgan fingerprint density at radius 2 is 1.54 bits per heavy atom. The van der Waals surface area contributed by atoms with E-state index in [-0.39, 0.29) is 11.8 Å². The van der Waals surface area contributed by atoms with Crippen molar-refractivity contribution in [2.45, 2.75) is 26.2 Å². The maximum Gasteiger partial charge on any atom is 0.277 e. The van der Waals surface area contributed by atoms with E-state index >= 15 is 0 Å². The summed E-state index contributed by atoms with van der Waals surface area (Å²) >= 11 is 0. The van der Waals surface area contributed by atoms with Gasteiger partial charge in [0.05, 0.1) is 5.57 Å². The van der Waals surface area contributed by atoms with Crippen LogP contribution in [0.25, 0.3) is 5.57 Å². The van der Waals surface area contributed by atoms with E-state index in [0.29, 0.717) is 17.2 Å². The molecule has 28 heavy (non-hydrogen) atoms. The number of hydrogen-bond donors (Lipinski definition) is 0. The minimum absolute atomic E-state index is 0.179. The lowest BCUT2D eigenvalue weighted by molar-refractivity contribution is -0.136. The summed E-state index contributed by atoms with van der Waals surface area (Å²) < 4.78 is 0. The molecule has 0 atom stereocenters. The van der Waals surface area contributed by atoms with Gasteiger partial charge in [0.1, 0.15) is 5.70 Å². The normalized spacial score (nSPS) is 18.4. The lowest BCUT2D eigenvalue weighted by atomic mass is 9.89. The molecule has 2 amide bonds. The van der Waals surface area contributed by atoms with Crippen LogP contribution in [0, 0.1) is 12.8 Å². The molecule has 4 rings (SSSR count). The molecule has 0 spiro atoms. The van der Waals surface area contributed by atoms with Crippen molar-refractivity contribution >= 4 is 17.4 Å². The van der Waals surface area contributed by atoms with Gasteiger partial charge in [0, 0.05) is 20.1 Å². The van der Waals surface area contributed by atoms with Crippen molar-refractivity contribution < 1.29 is 9.59 Å². The number of likely N-dealkylation sites (N-methyl/N-ethyl adjacent to an activating group) is 1. The highest BCUT2D eigenvalue weighted by molar-refractivity contribution is 6.35. The van der Waals surface area contributed by atoms with Crippen molar-refractivity contribution in [1.82, 2.24) is 9.80 Å². The standard InChI is InChI=1S/C24H26N2O2/c1-17-8-10-20(11-9-17)21-22(24(28)25(2)23(21)27)26-14-12-19(13-15-26)16-18-6-4-3-5-7-18/h3-11,19H,12-16H2,1-2H3. The number of likely N-dealkylation sites (tertiary alicyclic amines) is 1. The third-order valence-electron chi connectivity index (χ3n) is 5.90. The zero-order valence-corrected chi connectivity index (χ0v) is 16.5. The summed E-state index contributed by atoms with van der Waals surface area (Å²) in [4.78, 5) is 29.0. The molecule has 0 unspecified atom stereocenters. The third-order valence-corrected chi connectivity index (χ3v) is 5.90. The summed E-state index contributed by atoms with van der Waals surface area (Å²) in [5, 5.41) is 0. The summed E-state index contributed by atoms with van der Waals surface area (Å²) in [7, 11) is 1.58. The Bertz CT molecular complexity index is 907. The van der Waals surface area contributed by atoms with E-state index in [2.05, 4.69) is 29.2 Å². The van der Waals surface area contributed by atoms with Crippen LogP contribution in [0.4, 0.5) is 0 Å². The molecule has 4 nitrogen and oxygen atoms in total. The van der Waals surface area contributed by atoms with Gasteiger partial charge in [-0.15, -0.1) is 0 Å². The van der Waals surface area contributed by atoms with Crippen LogP contribution in [0.5, 0.6) is 0 Å². The van der Waals surface area contributed by atoms with Crippen LogP contribution in [-0.4, -0.2) is 41.8 Å². The molecule has 0 aromatic heterocycles. The van der Waals surface area contributed by atoms with Crippen molar-refractivity contribution in [1.29, 1.82) is 0 Å². The first-order valence-electron chi connectivity index (χ1n) is 9.97. The molecule has 2 aromatic rings. The fourth-order valence-corrected chi connectivity index (χ4v) is 4.21. The molecule has 1 fully saturated rings. The molecule has 2 heterocycles. The maximum atomic E-state index is 12.8. The molecule has 0 saturated carbocycles. The maximum absolute atomic E-state index is 12.8. The molecule has 2 aromatic carbocycles. The number of benzene rings is 2. The van der Waals surface area contributed by atoms with E-state index in [9.17, 15) is 9.59 Å². The van der Waals surface area contributed by atoms with Crippen molar-refractivity contribution in [2.75, 3.05) is 20.1 Å². The monoisotopic (exact) mass is 374 g/mol. The summed E-state index contributed by atoms with van der Waals surface area (Å²) in [6.45, 7) is 3.65. The average molecular weight is 374 g/mol. The quantitative estimate of drug-likeness (QED) is 0.767. The predicted molar refractivity (Wildman–Crippen MR) is 110 cm³/mol. The number of carbonyl (C=O) groups is 2. The summed E-state index contributed by atoms with van der Waals surface area (Å²) in [5.41, 5.74) is 4.46. The molecule has 2 aliphatic heterocycles. The molecular weight excluding hydrogens is 348 g/mol. The van der Waals surface area contributed by atoms with Crippen LogP contribution in [0.15, 0.2) is 60.3 Å². The van der Waals surface area contributed by atoms with E-state index in [1.807, 2.05) is 37.3 Å². The molecule has 4 heteroatoms. The fraction of sp³-hybridized carbons (Fsp3) is 0.333. The summed E-state index contributed by atoms with van der Waals surface area (Å²) in [6.07, 6.45) is 3.14. The highest BCUT2D eigenvalue weighted by Gasteiger charge is 2.40. The van der Waals surface area contributed by atoms with E-state index in [1.165, 1.54) is 10.5 Å². The van der Waals surface area contributed by atoms with Crippen LogP contribution in [-0.2, 0) is 16.0 Å². The minimum Gasteiger partial charge on any atom is -0.366 e. The predicted octanol–water partition coefficient (Wildman–Crippen LogP) is 3.66. The second kappa shape index (κ2) is 7.63. The van der Waals surface area contributed by atoms with E-state index in [4.69, 9.17) is 0 Å². The number of amides is 2. The lowest BCUT2D eigenvalue weighted by Gasteiger charge is -2.34. The number of nitrogens with zero attached hydrogens (tertiary/aromatic N) is 2. The van der Waals surface area contributed by atoms with Crippen LogP contribution >= 0.6 is 0 Å². The van der Waals surface area contributed by atoms with Crippen LogP contribution in [0.2, 0.25) is 0 Å². The number of imide groups is 1. The van der Waals surface area contributed by atoms with Gasteiger partial charge in [-0.25, -0.2) is 0 Å². The van der Waals surface area contributed by atoms with Gasteiger partial charge in [-0.05, 0) is 43.2 Å². The first-order valence-corrected chi connectivity index (χ1v) is 9.97. The highest BCUT2D eigenvalue weighted by atomic mass is 16.2. The molecule has 0 aliphatic carbocycles. The number of piperidine rings is 1. The number of aryl methyl sites for hydroxylation is 1. The van der Waals surface area contributed by atoms with Gasteiger partial charge in [-0.2, -0.15) is 0 Å². The smallest absolute Gasteiger partial charge is 0.277 e. The van der Waals surface area contributed by atoms with E-state index < -0.39 is 0 Å². The zero-order chi connectivity index (χ0) is 19.7.